The summed E-state index contributed by atoms with van der Waals surface area (Å²) in [6, 6.07) is 16.0. The summed E-state index contributed by atoms with van der Waals surface area (Å²) in [6.07, 6.45) is 3.16. The van der Waals surface area contributed by atoms with Gasteiger partial charge in [0.05, 0.1) is 18.9 Å². The van der Waals surface area contributed by atoms with Crippen LogP contribution in [0.1, 0.15) is 5.56 Å². The van der Waals surface area contributed by atoms with E-state index in [0.29, 0.717) is 33.9 Å². The van der Waals surface area contributed by atoms with Gasteiger partial charge in [-0.3, -0.25) is 14.2 Å². The van der Waals surface area contributed by atoms with Crippen molar-refractivity contribution in [2.45, 2.75) is 13.1 Å². The standard InChI is InChI=1S/C23H19N5O4/c1-31-19-8-3-2-6-15(19)13-25-21(29)14-27-17-7-4-10-24-22(17)28-18(23(27)30)12-16(26-28)20-9-5-11-32-20/h2-12H,13-14H2,1H3,(H,25,29). The van der Waals surface area contributed by atoms with Crippen molar-refractivity contribution in [3.63, 3.8) is 0 Å². The number of nitrogens with zero attached hydrogens (tertiary/aromatic N) is 4. The lowest BCUT2D eigenvalue weighted by atomic mass is 10.2. The third kappa shape index (κ3) is 3.39. The lowest BCUT2D eigenvalue weighted by Gasteiger charge is -2.12. The Balaban J connectivity index is 1.51. The molecule has 9 nitrogen and oxygen atoms in total. The van der Waals surface area contributed by atoms with Crippen LogP contribution in [0.25, 0.3) is 28.1 Å². The molecule has 0 aliphatic carbocycles. The van der Waals surface area contributed by atoms with E-state index in [2.05, 4.69) is 15.4 Å². The monoisotopic (exact) mass is 429 g/mol. The van der Waals surface area contributed by atoms with Gasteiger partial charge in [-0.1, -0.05) is 18.2 Å². The molecule has 0 fully saturated rings. The number of nitrogens with one attached hydrogen (secondary N) is 1. The molecule has 0 aliphatic heterocycles. The molecule has 0 saturated heterocycles. The predicted octanol–water partition coefficient (Wildman–Crippen LogP) is 2.63. The SMILES string of the molecule is COc1ccccc1CNC(=O)Cn1c(=O)c2cc(-c3ccco3)nn2c2ncccc21. The van der Waals surface area contributed by atoms with E-state index in [9.17, 15) is 9.59 Å². The average molecular weight is 429 g/mol. The molecule has 0 unspecified atom stereocenters. The molecule has 0 radical (unpaired) electrons. The van der Waals surface area contributed by atoms with Gasteiger partial charge in [0.15, 0.2) is 11.4 Å². The quantitative estimate of drug-likeness (QED) is 0.445. The van der Waals surface area contributed by atoms with Crippen molar-refractivity contribution in [2.75, 3.05) is 7.11 Å². The number of aromatic nitrogens is 4. The Labute approximate surface area is 181 Å². The summed E-state index contributed by atoms with van der Waals surface area (Å²) in [4.78, 5) is 30.4. The van der Waals surface area contributed by atoms with Gasteiger partial charge >= 0.3 is 0 Å². The summed E-state index contributed by atoms with van der Waals surface area (Å²) in [5.41, 5.74) is 2.29. The maximum atomic E-state index is 13.3. The lowest BCUT2D eigenvalue weighted by molar-refractivity contribution is -0.121. The Kier molecular flexibility index (Phi) is 4.91. The number of amides is 1. The molecule has 0 atom stereocenters. The first kappa shape index (κ1) is 19.6. The van der Waals surface area contributed by atoms with Crippen LogP contribution in [0, 0.1) is 0 Å². The minimum absolute atomic E-state index is 0.159. The van der Waals surface area contributed by atoms with Crippen molar-refractivity contribution in [1.82, 2.24) is 24.5 Å². The minimum atomic E-state index is -0.344. The van der Waals surface area contributed by atoms with Crippen LogP contribution in [0.5, 0.6) is 5.75 Å². The normalized spacial score (nSPS) is 11.2. The number of carbonyl (C=O) groups is 1. The van der Waals surface area contributed by atoms with E-state index in [1.807, 2.05) is 24.3 Å². The van der Waals surface area contributed by atoms with E-state index in [0.717, 1.165) is 5.56 Å². The molecule has 0 aliphatic rings. The first-order chi connectivity index (χ1) is 15.7. The van der Waals surface area contributed by atoms with Crippen molar-refractivity contribution in [3.05, 3.63) is 83.0 Å². The van der Waals surface area contributed by atoms with E-state index >= 15 is 0 Å². The van der Waals surface area contributed by atoms with Crippen LogP contribution in [0.3, 0.4) is 0 Å². The molecule has 5 aromatic rings. The Morgan fingerprint density at radius 2 is 2.00 bits per heavy atom. The third-order valence-electron chi connectivity index (χ3n) is 5.18. The highest BCUT2D eigenvalue weighted by Crippen LogP contribution is 2.21. The van der Waals surface area contributed by atoms with Crippen molar-refractivity contribution in [1.29, 1.82) is 0 Å². The Bertz CT molecular complexity index is 1480. The number of rotatable bonds is 6. The van der Waals surface area contributed by atoms with Gasteiger partial charge in [0.2, 0.25) is 5.91 Å². The van der Waals surface area contributed by atoms with E-state index in [-0.39, 0.29) is 24.6 Å². The maximum Gasteiger partial charge on any atom is 0.277 e. The summed E-state index contributed by atoms with van der Waals surface area (Å²) in [5, 5.41) is 7.35. The number of pyridine rings is 1. The van der Waals surface area contributed by atoms with Gasteiger partial charge in [-0.2, -0.15) is 5.10 Å². The summed E-state index contributed by atoms with van der Waals surface area (Å²) >= 11 is 0. The first-order valence-electron chi connectivity index (χ1n) is 9.95. The topological polar surface area (TPSA) is 104 Å². The van der Waals surface area contributed by atoms with Crippen molar-refractivity contribution in [2.24, 2.45) is 0 Å². The van der Waals surface area contributed by atoms with Crippen LogP contribution in [0.2, 0.25) is 0 Å². The van der Waals surface area contributed by atoms with Crippen molar-refractivity contribution < 1.29 is 13.9 Å². The molecule has 4 aromatic heterocycles. The zero-order chi connectivity index (χ0) is 22.1. The maximum absolute atomic E-state index is 13.3. The molecular formula is C23H19N5O4. The third-order valence-corrected chi connectivity index (χ3v) is 5.18. The van der Waals surface area contributed by atoms with Gasteiger partial charge in [-0.25, -0.2) is 9.50 Å². The second-order valence-electron chi connectivity index (χ2n) is 7.13. The number of fused-ring (bicyclic) bond motifs is 3. The summed E-state index contributed by atoms with van der Waals surface area (Å²) in [5.74, 6) is 0.919. The Morgan fingerprint density at radius 1 is 1.12 bits per heavy atom. The first-order valence-corrected chi connectivity index (χ1v) is 9.95. The number of benzene rings is 1. The predicted molar refractivity (Wildman–Crippen MR) is 117 cm³/mol. The fourth-order valence-corrected chi connectivity index (χ4v) is 3.65. The highest BCUT2D eigenvalue weighted by molar-refractivity contribution is 5.81. The second kappa shape index (κ2) is 8.03. The summed E-state index contributed by atoms with van der Waals surface area (Å²) in [7, 11) is 1.58. The number of para-hydroxylation sites is 1. The molecule has 4 heterocycles. The van der Waals surface area contributed by atoms with Gasteiger partial charge in [-0.05, 0) is 30.3 Å². The van der Waals surface area contributed by atoms with Gasteiger partial charge < -0.3 is 14.5 Å². The minimum Gasteiger partial charge on any atom is -0.496 e. The fourth-order valence-electron chi connectivity index (χ4n) is 3.65. The van der Waals surface area contributed by atoms with Crippen molar-refractivity contribution >= 4 is 22.6 Å². The largest absolute Gasteiger partial charge is 0.496 e. The molecular weight excluding hydrogens is 410 g/mol. The van der Waals surface area contributed by atoms with E-state index in [4.69, 9.17) is 9.15 Å². The molecule has 1 amide bonds. The molecule has 0 saturated carbocycles. The number of ether oxygens (including phenoxy) is 1. The van der Waals surface area contributed by atoms with Crippen LogP contribution in [-0.4, -0.2) is 32.2 Å². The molecule has 0 bridgehead atoms. The van der Waals surface area contributed by atoms with Crippen LogP contribution in [0.4, 0.5) is 0 Å². The van der Waals surface area contributed by atoms with Crippen LogP contribution in [-0.2, 0) is 17.9 Å². The highest BCUT2D eigenvalue weighted by atomic mass is 16.5. The summed E-state index contributed by atoms with van der Waals surface area (Å²) in [6.45, 7) is 0.124. The molecule has 0 spiro atoms. The van der Waals surface area contributed by atoms with Gasteiger partial charge in [-0.15, -0.1) is 0 Å². The number of hydrogen-bond donors (Lipinski definition) is 1. The average Bonchev–Trinajstić information content (AvgIpc) is 3.51. The van der Waals surface area contributed by atoms with Gasteiger partial charge in [0, 0.05) is 24.4 Å². The van der Waals surface area contributed by atoms with Crippen LogP contribution >= 0.6 is 0 Å². The molecule has 1 aromatic carbocycles. The smallest absolute Gasteiger partial charge is 0.277 e. The van der Waals surface area contributed by atoms with Crippen LogP contribution in [0.15, 0.2) is 76.3 Å². The molecule has 1 N–H and O–H groups in total. The van der Waals surface area contributed by atoms with Gasteiger partial charge in [0.25, 0.3) is 5.56 Å². The van der Waals surface area contributed by atoms with E-state index in [1.165, 1.54) is 9.08 Å². The van der Waals surface area contributed by atoms with Crippen LogP contribution < -0.4 is 15.6 Å². The van der Waals surface area contributed by atoms with E-state index < -0.39 is 0 Å². The second-order valence-corrected chi connectivity index (χ2v) is 7.13. The molecule has 160 valence electrons. The number of furan rings is 1. The zero-order valence-corrected chi connectivity index (χ0v) is 17.2. The highest BCUT2D eigenvalue weighted by Gasteiger charge is 2.18. The number of methoxy groups -OCH3 is 1. The molecule has 5 rings (SSSR count). The zero-order valence-electron chi connectivity index (χ0n) is 17.2. The lowest BCUT2D eigenvalue weighted by Crippen LogP contribution is -2.33. The Hall–Kier alpha value is -4.40. The molecule has 9 heteroatoms. The van der Waals surface area contributed by atoms with Crippen molar-refractivity contribution in [3.8, 4) is 17.2 Å². The fraction of sp³-hybridized carbons (Fsp3) is 0.130. The Morgan fingerprint density at radius 3 is 2.81 bits per heavy atom. The van der Waals surface area contributed by atoms with Gasteiger partial charge in [0.1, 0.15) is 23.5 Å². The van der Waals surface area contributed by atoms with E-state index in [1.54, 1.807) is 49.9 Å². The number of carbonyl (C=O) groups excluding carboxylic acids is 1. The molecule has 32 heavy (non-hydrogen) atoms. The summed E-state index contributed by atoms with van der Waals surface area (Å²) < 4.78 is 13.6. The number of hydrogen-bond acceptors (Lipinski definition) is 6.